The van der Waals surface area contributed by atoms with E-state index < -0.39 is 0 Å². The van der Waals surface area contributed by atoms with Gasteiger partial charge in [0.25, 0.3) is 0 Å². The molecular weight excluding hydrogens is 194 g/mol. The van der Waals surface area contributed by atoms with E-state index in [0.29, 0.717) is 5.92 Å². The number of halogens is 1. The molecule has 0 spiro atoms. The fourth-order valence-electron chi connectivity index (χ4n) is 2.16. The Labute approximate surface area is 90.3 Å². The van der Waals surface area contributed by atoms with Gasteiger partial charge in [-0.25, -0.2) is 0 Å². The number of hydrogen-bond donors (Lipinski definition) is 1. The minimum Gasteiger partial charge on any atom is -0.327 e. The van der Waals surface area contributed by atoms with Gasteiger partial charge < -0.3 is 5.73 Å². The van der Waals surface area contributed by atoms with E-state index >= 15 is 0 Å². The van der Waals surface area contributed by atoms with Crippen LogP contribution in [0.3, 0.4) is 0 Å². The summed E-state index contributed by atoms with van der Waals surface area (Å²) < 4.78 is 0. The van der Waals surface area contributed by atoms with E-state index in [2.05, 4.69) is 26.0 Å². The van der Waals surface area contributed by atoms with Crippen LogP contribution < -0.4 is 5.73 Å². The van der Waals surface area contributed by atoms with Gasteiger partial charge in [0.05, 0.1) is 0 Å². The molecule has 0 unspecified atom stereocenters. The molecule has 2 rings (SSSR count). The maximum absolute atomic E-state index is 6.20. The lowest BCUT2D eigenvalue weighted by Crippen LogP contribution is -2.06. The van der Waals surface area contributed by atoms with Crippen LogP contribution in [0.4, 0.5) is 0 Å². The molecule has 2 atom stereocenters. The van der Waals surface area contributed by atoms with Crippen LogP contribution in [-0.2, 0) is 0 Å². The highest BCUT2D eigenvalue weighted by Gasteiger charge is 2.56. The molecule has 76 valence electrons. The second-order valence-electron chi connectivity index (χ2n) is 4.85. The van der Waals surface area contributed by atoms with Crippen molar-refractivity contribution in [1.29, 1.82) is 0 Å². The molecule has 1 nitrogen and oxygen atoms in total. The van der Waals surface area contributed by atoms with Crippen molar-refractivity contribution in [3.8, 4) is 0 Å². The third-order valence-electron chi connectivity index (χ3n) is 3.40. The van der Waals surface area contributed by atoms with Crippen molar-refractivity contribution in [2.45, 2.75) is 32.7 Å². The second-order valence-corrected chi connectivity index (χ2v) is 5.26. The molecule has 1 aliphatic rings. The summed E-state index contributed by atoms with van der Waals surface area (Å²) in [5, 5.41) is 0.857. The number of hydrogen-bond acceptors (Lipinski definition) is 1. The van der Waals surface area contributed by atoms with E-state index in [1.54, 1.807) is 0 Å². The van der Waals surface area contributed by atoms with E-state index in [4.69, 9.17) is 17.3 Å². The lowest BCUT2D eigenvalue weighted by molar-refractivity contribution is 0.599. The van der Waals surface area contributed by atoms with Gasteiger partial charge in [0.15, 0.2) is 0 Å². The van der Waals surface area contributed by atoms with Crippen LogP contribution in [0.25, 0.3) is 0 Å². The largest absolute Gasteiger partial charge is 0.327 e. The molecule has 0 saturated heterocycles. The van der Waals surface area contributed by atoms with Gasteiger partial charge in [-0.1, -0.05) is 37.6 Å². The normalized spacial score (nSPS) is 28.9. The lowest BCUT2D eigenvalue weighted by Gasteiger charge is -2.06. The van der Waals surface area contributed by atoms with E-state index in [-0.39, 0.29) is 11.5 Å². The van der Waals surface area contributed by atoms with E-state index in [0.717, 1.165) is 5.02 Å². The maximum atomic E-state index is 6.20. The van der Waals surface area contributed by atoms with Crippen molar-refractivity contribution < 1.29 is 0 Å². The van der Waals surface area contributed by atoms with Crippen molar-refractivity contribution in [3.05, 3.63) is 34.3 Å². The SMILES string of the molecule is Cc1ccc([C@@H]2[C@@H](N)C2(C)C)c(Cl)c1. The fourth-order valence-corrected chi connectivity index (χ4v) is 2.51. The van der Waals surface area contributed by atoms with Crippen LogP contribution in [0.1, 0.15) is 30.9 Å². The Bertz CT molecular complexity index is 371. The van der Waals surface area contributed by atoms with Crippen molar-refractivity contribution >= 4 is 11.6 Å². The van der Waals surface area contributed by atoms with Crippen LogP contribution in [0.15, 0.2) is 18.2 Å². The highest BCUT2D eigenvalue weighted by molar-refractivity contribution is 6.31. The number of rotatable bonds is 1. The number of benzene rings is 1. The standard InChI is InChI=1S/C12H16ClN/c1-7-4-5-8(9(13)6-7)10-11(14)12(10,2)3/h4-6,10-11H,14H2,1-3H3/t10-,11-/m1/s1. The van der Waals surface area contributed by atoms with Gasteiger partial charge in [-0.3, -0.25) is 0 Å². The van der Waals surface area contributed by atoms with Crippen LogP contribution >= 0.6 is 11.6 Å². The Balaban J connectivity index is 2.36. The molecule has 2 heteroatoms. The average molecular weight is 210 g/mol. The van der Waals surface area contributed by atoms with Crippen LogP contribution in [0, 0.1) is 12.3 Å². The quantitative estimate of drug-likeness (QED) is 0.756. The minimum atomic E-state index is 0.207. The van der Waals surface area contributed by atoms with Gasteiger partial charge in [0.2, 0.25) is 0 Å². The first kappa shape index (κ1) is 10.0. The molecule has 1 aromatic rings. The predicted molar refractivity (Wildman–Crippen MR) is 60.7 cm³/mol. The first-order valence-corrected chi connectivity index (χ1v) is 5.34. The molecule has 1 fully saturated rings. The molecule has 14 heavy (non-hydrogen) atoms. The Morgan fingerprint density at radius 2 is 1.93 bits per heavy atom. The highest BCUT2D eigenvalue weighted by Crippen LogP contribution is 2.58. The summed E-state index contributed by atoms with van der Waals surface area (Å²) in [6.07, 6.45) is 0. The molecule has 2 N–H and O–H groups in total. The van der Waals surface area contributed by atoms with E-state index in [9.17, 15) is 0 Å². The predicted octanol–water partition coefficient (Wildman–Crippen LogP) is 3.10. The average Bonchev–Trinajstić information content (AvgIpc) is 2.54. The summed E-state index contributed by atoms with van der Waals surface area (Å²) in [5.41, 5.74) is 8.64. The second kappa shape index (κ2) is 2.98. The lowest BCUT2D eigenvalue weighted by atomic mass is 10.0. The topological polar surface area (TPSA) is 26.0 Å². The fraction of sp³-hybridized carbons (Fsp3) is 0.500. The van der Waals surface area contributed by atoms with E-state index in [1.165, 1.54) is 11.1 Å². The Kier molecular flexibility index (Phi) is 2.13. The van der Waals surface area contributed by atoms with Gasteiger partial charge in [-0.15, -0.1) is 0 Å². The Morgan fingerprint density at radius 1 is 1.36 bits per heavy atom. The first-order valence-electron chi connectivity index (χ1n) is 4.96. The van der Waals surface area contributed by atoms with Crippen molar-refractivity contribution in [2.24, 2.45) is 11.1 Å². The van der Waals surface area contributed by atoms with Gasteiger partial charge in [-0.2, -0.15) is 0 Å². The zero-order chi connectivity index (χ0) is 10.5. The zero-order valence-corrected chi connectivity index (χ0v) is 9.60. The zero-order valence-electron chi connectivity index (χ0n) is 8.84. The molecule has 1 aromatic carbocycles. The van der Waals surface area contributed by atoms with Crippen LogP contribution in [0.2, 0.25) is 5.02 Å². The summed E-state index contributed by atoms with van der Waals surface area (Å²) in [4.78, 5) is 0. The first-order chi connectivity index (χ1) is 6.44. The van der Waals surface area contributed by atoms with Gasteiger partial charge in [0.1, 0.15) is 0 Å². The molecule has 0 amide bonds. The van der Waals surface area contributed by atoms with Gasteiger partial charge in [-0.05, 0) is 29.5 Å². The van der Waals surface area contributed by atoms with Crippen LogP contribution in [-0.4, -0.2) is 6.04 Å². The molecule has 0 aromatic heterocycles. The summed E-state index contributed by atoms with van der Waals surface area (Å²) in [6.45, 7) is 6.44. The monoisotopic (exact) mass is 209 g/mol. The molecular formula is C12H16ClN. The maximum Gasteiger partial charge on any atom is 0.0444 e. The summed E-state index contributed by atoms with van der Waals surface area (Å²) >= 11 is 6.20. The Hall–Kier alpha value is -0.530. The highest BCUT2D eigenvalue weighted by atomic mass is 35.5. The third kappa shape index (κ3) is 1.35. The minimum absolute atomic E-state index is 0.207. The summed E-state index contributed by atoms with van der Waals surface area (Å²) in [5.74, 6) is 0.426. The van der Waals surface area contributed by atoms with Crippen molar-refractivity contribution in [1.82, 2.24) is 0 Å². The van der Waals surface area contributed by atoms with E-state index in [1.807, 2.05) is 13.0 Å². The molecule has 0 radical (unpaired) electrons. The molecule has 0 bridgehead atoms. The summed E-state index contributed by atoms with van der Waals surface area (Å²) in [6, 6.07) is 6.47. The molecule has 1 saturated carbocycles. The van der Waals surface area contributed by atoms with Crippen LogP contribution in [0.5, 0.6) is 0 Å². The molecule has 0 heterocycles. The number of aryl methyl sites for hydroxylation is 1. The van der Waals surface area contributed by atoms with Gasteiger partial charge >= 0.3 is 0 Å². The molecule has 0 aliphatic heterocycles. The Morgan fingerprint density at radius 3 is 2.36 bits per heavy atom. The third-order valence-corrected chi connectivity index (χ3v) is 3.73. The number of nitrogens with two attached hydrogens (primary N) is 1. The van der Waals surface area contributed by atoms with Crippen molar-refractivity contribution in [3.63, 3.8) is 0 Å². The molecule has 1 aliphatic carbocycles. The summed E-state index contributed by atoms with van der Waals surface area (Å²) in [7, 11) is 0. The van der Waals surface area contributed by atoms with Gasteiger partial charge in [0, 0.05) is 17.0 Å². The van der Waals surface area contributed by atoms with Crippen molar-refractivity contribution in [2.75, 3.05) is 0 Å². The smallest absolute Gasteiger partial charge is 0.0444 e.